The van der Waals surface area contributed by atoms with Crippen molar-refractivity contribution in [1.29, 1.82) is 0 Å². The molecule has 1 saturated heterocycles. The molecule has 11 heteroatoms. The molecule has 0 atom stereocenters. The molecule has 0 radical (unpaired) electrons. The van der Waals surface area contributed by atoms with Gasteiger partial charge in [-0.1, -0.05) is 23.7 Å². The number of rotatable bonds is 6. The summed E-state index contributed by atoms with van der Waals surface area (Å²) in [7, 11) is 1.92. The van der Waals surface area contributed by atoms with Crippen molar-refractivity contribution in [2.45, 2.75) is 65.4 Å². The Bertz CT molecular complexity index is 1780. The highest BCUT2D eigenvalue weighted by molar-refractivity contribution is 7.22. The normalized spacial score (nSPS) is 14.1. The van der Waals surface area contributed by atoms with Crippen molar-refractivity contribution in [3.05, 3.63) is 58.4 Å². The van der Waals surface area contributed by atoms with E-state index in [2.05, 4.69) is 5.32 Å². The number of aliphatic hydroxyl groups is 1. The zero-order chi connectivity index (χ0) is 31.6. The van der Waals surface area contributed by atoms with Crippen LogP contribution in [0, 0.1) is 6.92 Å². The van der Waals surface area contributed by atoms with Crippen LogP contribution >= 0.6 is 22.9 Å². The van der Waals surface area contributed by atoms with Gasteiger partial charge in [-0.15, -0.1) is 11.3 Å². The summed E-state index contributed by atoms with van der Waals surface area (Å²) in [4.78, 5) is 27.4. The quantitative estimate of drug-likeness (QED) is 0.200. The van der Waals surface area contributed by atoms with Crippen molar-refractivity contribution in [2.24, 2.45) is 7.05 Å². The van der Waals surface area contributed by atoms with E-state index in [-0.39, 0.29) is 12.4 Å². The van der Waals surface area contributed by atoms with Crippen LogP contribution in [0.5, 0.6) is 0 Å². The van der Waals surface area contributed by atoms with E-state index in [1.165, 1.54) is 0 Å². The third kappa shape index (κ3) is 7.26. The lowest BCUT2D eigenvalue weighted by atomic mass is 9.93. The number of ether oxygens (including phenoxy) is 1. The first kappa shape index (κ1) is 32.0. The maximum Gasteiger partial charge on any atom is 0.310 e. The number of nitrogens with one attached hydrogen (secondary N) is 1. The number of benzene rings is 2. The Morgan fingerprint density at radius 1 is 1.18 bits per heavy atom. The molecule has 0 spiro atoms. The first-order chi connectivity index (χ1) is 20.9. The SMILES string of the molecule is CC(C)(C)O.CCOC(=O)Cc1c(C)cc2nc(-c3cnc4c(n3)c(C3CCNCC3)nn4C)sc2c1-c1ccc(Cl)cc1. The number of halogens is 1. The minimum absolute atomic E-state index is 0.182. The van der Waals surface area contributed by atoms with Gasteiger partial charge in [0.25, 0.3) is 0 Å². The van der Waals surface area contributed by atoms with Crippen LogP contribution in [0.25, 0.3) is 43.2 Å². The van der Waals surface area contributed by atoms with Gasteiger partial charge in [0.2, 0.25) is 0 Å². The maximum absolute atomic E-state index is 12.6. The summed E-state index contributed by atoms with van der Waals surface area (Å²) in [5.74, 6) is 0.109. The Kier molecular flexibility index (Phi) is 9.65. The first-order valence-electron chi connectivity index (χ1n) is 14.9. The Morgan fingerprint density at radius 2 is 1.86 bits per heavy atom. The second-order valence-electron chi connectivity index (χ2n) is 12.0. The summed E-state index contributed by atoms with van der Waals surface area (Å²) >= 11 is 7.77. The molecule has 1 aliphatic heterocycles. The van der Waals surface area contributed by atoms with Crippen LogP contribution in [-0.4, -0.2) is 61.1 Å². The summed E-state index contributed by atoms with van der Waals surface area (Å²) in [5, 5.41) is 18.2. The van der Waals surface area contributed by atoms with Gasteiger partial charge in [0.15, 0.2) is 5.65 Å². The number of aryl methyl sites for hydroxylation is 2. The second kappa shape index (κ2) is 13.3. The molecule has 0 amide bonds. The Morgan fingerprint density at radius 3 is 2.52 bits per heavy atom. The van der Waals surface area contributed by atoms with Gasteiger partial charge in [-0.2, -0.15) is 5.10 Å². The number of piperidine rings is 1. The molecule has 6 rings (SSSR count). The predicted molar refractivity (Wildman–Crippen MR) is 177 cm³/mol. The van der Waals surface area contributed by atoms with Crippen LogP contribution in [-0.2, 0) is 23.0 Å². The van der Waals surface area contributed by atoms with E-state index >= 15 is 0 Å². The van der Waals surface area contributed by atoms with E-state index < -0.39 is 5.60 Å². The lowest BCUT2D eigenvalue weighted by molar-refractivity contribution is -0.142. The monoisotopic (exact) mass is 634 g/mol. The maximum atomic E-state index is 12.6. The minimum Gasteiger partial charge on any atom is -0.466 e. The molecule has 44 heavy (non-hydrogen) atoms. The molecular weight excluding hydrogens is 596 g/mol. The van der Waals surface area contributed by atoms with E-state index in [0.29, 0.717) is 17.5 Å². The van der Waals surface area contributed by atoms with Crippen LogP contribution in [0.15, 0.2) is 36.5 Å². The van der Waals surface area contributed by atoms with Crippen molar-refractivity contribution in [2.75, 3.05) is 19.7 Å². The van der Waals surface area contributed by atoms with Gasteiger partial charge in [-0.05, 0) is 95.4 Å². The number of aromatic nitrogens is 5. The third-order valence-corrected chi connectivity index (χ3v) is 8.64. The predicted octanol–water partition coefficient (Wildman–Crippen LogP) is 6.62. The number of hydrogen-bond acceptors (Lipinski definition) is 9. The highest BCUT2D eigenvalue weighted by Gasteiger charge is 2.25. The summed E-state index contributed by atoms with van der Waals surface area (Å²) < 4.78 is 8.11. The van der Waals surface area contributed by atoms with Gasteiger partial charge in [-0.3, -0.25) is 4.79 Å². The average molecular weight is 635 g/mol. The summed E-state index contributed by atoms with van der Waals surface area (Å²) in [6.45, 7) is 11.4. The molecule has 4 heterocycles. The fourth-order valence-corrected chi connectivity index (χ4v) is 6.59. The van der Waals surface area contributed by atoms with E-state index in [1.54, 1.807) is 38.3 Å². The van der Waals surface area contributed by atoms with Gasteiger partial charge in [0.05, 0.1) is 40.7 Å². The molecule has 232 valence electrons. The molecule has 9 nitrogen and oxygen atoms in total. The first-order valence-corrected chi connectivity index (χ1v) is 16.1. The second-order valence-corrected chi connectivity index (χ2v) is 13.5. The van der Waals surface area contributed by atoms with E-state index in [1.807, 2.05) is 55.9 Å². The van der Waals surface area contributed by atoms with Gasteiger partial charge >= 0.3 is 5.97 Å². The van der Waals surface area contributed by atoms with Gasteiger partial charge in [0.1, 0.15) is 16.2 Å². The Labute approximate surface area is 266 Å². The highest BCUT2D eigenvalue weighted by atomic mass is 35.5. The molecule has 1 aliphatic rings. The average Bonchev–Trinajstić information content (AvgIpc) is 3.54. The lowest BCUT2D eigenvalue weighted by Crippen LogP contribution is -2.27. The Hall–Kier alpha value is -3.44. The zero-order valence-electron chi connectivity index (χ0n) is 26.1. The van der Waals surface area contributed by atoms with Crippen LogP contribution in [0.2, 0.25) is 5.02 Å². The highest BCUT2D eigenvalue weighted by Crippen LogP contribution is 2.41. The van der Waals surface area contributed by atoms with Gasteiger partial charge in [-0.25, -0.2) is 19.6 Å². The van der Waals surface area contributed by atoms with Gasteiger partial charge < -0.3 is 15.2 Å². The van der Waals surface area contributed by atoms with E-state index in [4.69, 9.17) is 41.5 Å². The molecule has 3 aromatic heterocycles. The summed E-state index contributed by atoms with van der Waals surface area (Å²) in [5.41, 5.74) is 7.59. The lowest BCUT2D eigenvalue weighted by Gasteiger charge is -2.20. The number of fused-ring (bicyclic) bond motifs is 2. The fraction of sp³-hybridized carbons (Fsp3) is 0.424. The van der Waals surface area contributed by atoms with Crippen molar-refractivity contribution in [3.8, 4) is 21.8 Å². The molecule has 2 aromatic carbocycles. The number of thiazole rings is 1. The molecule has 0 unspecified atom stereocenters. The van der Waals surface area contributed by atoms with Crippen molar-refractivity contribution >= 4 is 50.3 Å². The number of nitrogens with zero attached hydrogens (tertiary/aromatic N) is 5. The van der Waals surface area contributed by atoms with E-state index in [0.717, 1.165) is 86.0 Å². The number of carbonyl (C=O) groups is 1. The fourth-order valence-electron chi connectivity index (χ4n) is 5.37. The van der Waals surface area contributed by atoms with Crippen LogP contribution in [0.3, 0.4) is 0 Å². The summed E-state index contributed by atoms with van der Waals surface area (Å²) in [6, 6.07) is 9.74. The van der Waals surface area contributed by atoms with Crippen LogP contribution < -0.4 is 5.32 Å². The molecule has 0 saturated carbocycles. The van der Waals surface area contributed by atoms with Crippen molar-refractivity contribution in [3.63, 3.8) is 0 Å². The molecule has 0 bridgehead atoms. The number of carbonyl (C=O) groups excluding carboxylic acids is 1. The summed E-state index contributed by atoms with van der Waals surface area (Å²) in [6.07, 6.45) is 4.03. The minimum atomic E-state index is -0.500. The Balaban J connectivity index is 0.000000712. The smallest absolute Gasteiger partial charge is 0.310 e. The van der Waals surface area contributed by atoms with Crippen molar-refractivity contribution < 1.29 is 14.6 Å². The zero-order valence-corrected chi connectivity index (χ0v) is 27.6. The topological polar surface area (TPSA) is 115 Å². The molecule has 5 aromatic rings. The third-order valence-electron chi connectivity index (χ3n) is 7.28. The standard InChI is InChI=1S/C29H29ClN6O2S.C4H10O/c1-4-38-23(37)14-20-16(2)13-21-27(24(20)17-5-7-19(30)8-6-17)39-29(34-21)22-15-32-28-26(33-22)25(35-36(28)3)18-9-11-31-12-10-18;1-4(2,3)5/h5-8,13,15,18,31H,4,9-12,14H2,1-3H3;5H,1-3H3. The molecule has 2 N–H and O–H groups in total. The largest absolute Gasteiger partial charge is 0.466 e. The van der Waals surface area contributed by atoms with E-state index in [9.17, 15) is 4.79 Å². The van der Waals surface area contributed by atoms with Crippen LogP contribution in [0.4, 0.5) is 0 Å². The number of esters is 1. The molecule has 1 fully saturated rings. The molecule has 0 aliphatic carbocycles. The molecular formula is C33H39ClN6O3S. The van der Waals surface area contributed by atoms with Crippen molar-refractivity contribution in [1.82, 2.24) is 30.0 Å². The number of hydrogen-bond donors (Lipinski definition) is 2. The van der Waals surface area contributed by atoms with Crippen LogP contribution in [0.1, 0.15) is 63.3 Å². The van der Waals surface area contributed by atoms with Gasteiger partial charge in [0, 0.05) is 23.6 Å².